The molecule has 0 aromatic heterocycles. The maximum absolute atomic E-state index is 13.6. The number of sulfone groups is 1. The van der Waals surface area contributed by atoms with E-state index in [2.05, 4.69) is 0 Å². The van der Waals surface area contributed by atoms with Crippen molar-refractivity contribution in [3.63, 3.8) is 0 Å². The largest absolute Gasteiger partial charge is 0.493 e. The smallest absolute Gasteiger partial charge is 0.150 e. The number of ether oxygens (including phenoxy) is 1. The van der Waals surface area contributed by atoms with Gasteiger partial charge in [-0.2, -0.15) is 0 Å². The van der Waals surface area contributed by atoms with Crippen molar-refractivity contribution in [3.05, 3.63) is 29.6 Å². The maximum Gasteiger partial charge on any atom is 0.150 e. The number of hydrogen-bond acceptors (Lipinski definition) is 4. The first-order valence-corrected chi connectivity index (χ1v) is 8.06. The quantitative estimate of drug-likeness (QED) is 0.780. The molecule has 0 fully saturated rings. The third kappa shape index (κ3) is 5.16. The molecule has 0 saturated heterocycles. The second-order valence-corrected chi connectivity index (χ2v) is 6.88. The first-order valence-electron chi connectivity index (χ1n) is 6.24. The minimum atomic E-state index is -2.97. The Labute approximate surface area is 113 Å². The van der Waals surface area contributed by atoms with Gasteiger partial charge in [0.2, 0.25) is 0 Å². The molecule has 0 aliphatic rings. The summed E-state index contributed by atoms with van der Waals surface area (Å²) in [6, 6.07) is 4.12. The molecule has 19 heavy (non-hydrogen) atoms. The van der Waals surface area contributed by atoms with Crippen molar-refractivity contribution in [3.8, 4) is 5.75 Å². The summed E-state index contributed by atoms with van der Waals surface area (Å²) in [5.41, 5.74) is 6.03. The summed E-state index contributed by atoms with van der Waals surface area (Å²) >= 11 is 0. The van der Waals surface area contributed by atoms with Crippen molar-refractivity contribution in [1.29, 1.82) is 0 Å². The summed E-state index contributed by atoms with van der Waals surface area (Å²) in [5.74, 6) is 0.193. The fourth-order valence-electron chi connectivity index (χ4n) is 1.58. The van der Waals surface area contributed by atoms with Crippen LogP contribution in [-0.4, -0.2) is 26.5 Å². The second-order valence-electron chi connectivity index (χ2n) is 4.41. The van der Waals surface area contributed by atoms with Crippen molar-refractivity contribution in [2.24, 2.45) is 5.73 Å². The van der Waals surface area contributed by atoms with Crippen LogP contribution in [0.2, 0.25) is 0 Å². The van der Waals surface area contributed by atoms with Gasteiger partial charge in [-0.3, -0.25) is 0 Å². The van der Waals surface area contributed by atoms with E-state index >= 15 is 0 Å². The van der Waals surface area contributed by atoms with E-state index in [-0.39, 0.29) is 24.2 Å². The molecular weight excluding hydrogens is 269 g/mol. The number of hydrogen-bond donors (Lipinski definition) is 1. The summed E-state index contributed by atoms with van der Waals surface area (Å²) < 4.78 is 41.4. The predicted octanol–water partition coefficient (Wildman–Crippen LogP) is 2.05. The standard InChI is InChI=1S/C13H20FNO3S/c1-3-19(16,17)8-4-7-18-11-5-6-12(10(2)15)13(14)9-11/h5-6,9-10H,3-4,7-8,15H2,1-2H3/t10-/m0/s1. The van der Waals surface area contributed by atoms with Gasteiger partial charge in [-0.05, 0) is 19.4 Å². The second kappa shape index (κ2) is 6.86. The van der Waals surface area contributed by atoms with E-state index in [1.54, 1.807) is 26.0 Å². The zero-order chi connectivity index (χ0) is 14.5. The van der Waals surface area contributed by atoms with E-state index in [4.69, 9.17) is 10.5 Å². The van der Waals surface area contributed by atoms with Crippen molar-refractivity contribution in [1.82, 2.24) is 0 Å². The number of nitrogens with two attached hydrogens (primary N) is 1. The molecule has 4 nitrogen and oxygen atoms in total. The number of rotatable bonds is 7. The molecular formula is C13H20FNO3S. The molecule has 0 unspecified atom stereocenters. The average molecular weight is 289 g/mol. The van der Waals surface area contributed by atoms with Crippen LogP contribution in [0.1, 0.15) is 31.9 Å². The molecule has 1 atom stereocenters. The van der Waals surface area contributed by atoms with Crippen LogP contribution in [0.25, 0.3) is 0 Å². The molecule has 0 spiro atoms. The Morgan fingerprint density at radius 3 is 2.63 bits per heavy atom. The zero-order valence-electron chi connectivity index (χ0n) is 11.2. The van der Waals surface area contributed by atoms with E-state index < -0.39 is 15.7 Å². The summed E-state index contributed by atoms with van der Waals surface area (Å²) in [5, 5.41) is 0. The summed E-state index contributed by atoms with van der Waals surface area (Å²) in [4.78, 5) is 0. The number of benzene rings is 1. The van der Waals surface area contributed by atoms with Crippen LogP contribution in [0.4, 0.5) is 4.39 Å². The highest BCUT2D eigenvalue weighted by molar-refractivity contribution is 7.91. The van der Waals surface area contributed by atoms with E-state index in [0.29, 0.717) is 17.7 Å². The van der Waals surface area contributed by atoms with Crippen LogP contribution in [0.5, 0.6) is 5.75 Å². The zero-order valence-corrected chi connectivity index (χ0v) is 12.0. The predicted molar refractivity (Wildman–Crippen MR) is 73.4 cm³/mol. The van der Waals surface area contributed by atoms with E-state index in [1.807, 2.05) is 0 Å². The molecule has 6 heteroatoms. The monoisotopic (exact) mass is 289 g/mol. The Hall–Kier alpha value is -1.14. The molecule has 108 valence electrons. The third-order valence-corrected chi connectivity index (χ3v) is 4.56. The minimum absolute atomic E-state index is 0.0872. The Morgan fingerprint density at radius 2 is 2.11 bits per heavy atom. The van der Waals surface area contributed by atoms with Crippen molar-refractivity contribution < 1.29 is 17.5 Å². The highest BCUT2D eigenvalue weighted by Crippen LogP contribution is 2.20. The van der Waals surface area contributed by atoms with Crippen LogP contribution in [-0.2, 0) is 9.84 Å². The van der Waals surface area contributed by atoms with Crippen LogP contribution < -0.4 is 10.5 Å². The van der Waals surface area contributed by atoms with Gasteiger partial charge in [0.1, 0.15) is 21.4 Å². The normalized spacial score (nSPS) is 13.3. The minimum Gasteiger partial charge on any atom is -0.493 e. The van der Waals surface area contributed by atoms with Crippen LogP contribution in [0.3, 0.4) is 0 Å². The summed E-state index contributed by atoms with van der Waals surface area (Å²) in [6.07, 6.45) is 0.396. The molecule has 0 heterocycles. The molecule has 0 bridgehead atoms. The lowest BCUT2D eigenvalue weighted by molar-refractivity contribution is 0.315. The molecule has 2 N–H and O–H groups in total. The van der Waals surface area contributed by atoms with Gasteiger partial charge in [0.05, 0.1) is 12.4 Å². The third-order valence-electron chi connectivity index (χ3n) is 2.77. The number of halogens is 1. The Balaban J connectivity index is 2.49. The highest BCUT2D eigenvalue weighted by Gasteiger charge is 2.09. The average Bonchev–Trinajstić information content (AvgIpc) is 2.34. The Bertz CT molecular complexity index is 515. The van der Waals surface area contributed by atoms with Gasteiger partial charge < -0.3 is 10.5 Å². The Kier molecular flexibility index (Phi) is 5.75. The van der Waals surface area contributed by atoms with E-state index in [9.17, 15) is 12.8 Å². The molecule has 0 aliphatic heterocycles. The maximum atomic E-state index is 13.6. The van der Waals surface area contributed by atoms with Crippen LogP contribution in [0, 0.1) is 5.82 Å². The fourth-order valence-corrected chi connectivity index (χ4v) is 2.43. The SMILES string of the molecule is CCS(=O)(=O)CCCOc1ccc([C@H](C)N)c(F)c1. The summed E-state index contributed by atoms with van der Waals surface area (Å²) in [6.45, 7) is 3.56. The topological polar surface area (TPSA) is 69.4 Å². The van der Waals surface area contributed by atoms with Crippen molar-refractivity contribution in [2.45, 2.75) is 26.3 Å². The molecule has 0 aliphatic carbocycles. The van der Waals surface area contributed by atoms with Gasteiger partial charge in [-0.25, -0.2) is 12.8 Å². The molecule has 1 aromatic carbocycles. The molecule has 0 saturated carbocycles. The molecule has 1 aromatic rings. The lowest BCUT2D eigenvalue weighted by Crippen LogP contribution is -2.12. The van der Waals surface area contributed by atoms with Gasteiger partial charge in [0.15, 0.2) is 0 Å². The molecule has 1 rings (SSSR count). The van der Waals surface area contributed by atoms with Gasteiger partial charge in [-0.15, -0.1) is 0 Å². The van der Waals surface area contributed by atoms with Crippen LogP contribution in [0.15, 0.2) is 18.2 Å². The van der Waals surface area contributed by atoms with E-state index in [1.165, 1.54) is 6.07 Å². The first kappa shape index (κ1) is 15.9. The molecule has 0 amide bonds. The highest BCUT2D eigenvalue weighted by atomic mass is 32.2. The first-order chi connectivity index (χ1) is 8.85. The van der Waals surface area contributed by atoms with Crippen molar-refractivity contribution >= 4 is 9.84 Å². The summed E-state index contributed by atoms with van der Waals surface area (Å²) in [7, 11) is -2.97. The van der Waals surface area contributed by atoms with Gasteiger partial charge in [0, 0.05) is 23.4 Å². The molecule has 0 radical (unpaired) electrons. The van der Waals surface area contributed by atoms with Gasteiger partial charge >= 0.3 is 0 Å². The Morgan fingerprint density at radius 1 is 1.42 bits per heavy atom. The van der Waals surface area contributed by atoms with Gasteiger partial charge in [-0.1, -0.05) is 13.0 Å². The lowest BCUT2D eigenvalue weighted by Gasteiger charge is -2.10. The lowest BCUT2D eigenvalue weighted by atomic mass is 10.1. The van der Waals surface area contributed by atoms with E-state index in [0.717, 1.165) is 0 Å². The van der Waals surface area contributed by atoms with Gasteiger partial charge in [0.25, 0.3) is 0 Å². The fraction of sp³-hybridized carbons (Fsp3) is 0.538. The van der Waals surface area contributed by atoms with Crippen LogP contribution >= 0.6 is 0 Å². The van der Waals surface area contributed by atoms with Crippen molar-refractivity contribution in [2.75, 3.05) is 18.1 Å².